The lowest BCUT2D eigenvalue weighted by atomic mass is 10.1. The second kappa shape index (κ2) is 5.24. The number of carbonyl (C=O) groups is 1. The first-order valence-corrected chi connectivity index (χ1v) is 6.54. The molecule has 1 aromatic heterocycles. The van der Waals surface area contributed by atoms with E-state index in [0.717, 1.165) is 17.8 Å². The Bertz CT molecular complexity index is 619. The first kappa shape index (κ1) is 14.5. The Balaban J connectivity index is 2.21. The minimum Gasteiger partial charge on any atom is -0.287 e. The Labute approximate surface area is 117 Å². The monoisotopic (exact) mass is 300 g/mol. The van der Waals surface area contributed by atoms with Gasteiger partial charge in [-0.3, -0.25) is 9.69 Å². The predicted octanol–water partition coefficient (Wildman–Crippen LogP) is 3.75. The van der Waals surface area contributed by atoms with Gasteiger partial charge in [-0.15, -0.1) is 11.3 Å². The summed E-state index contributed by atoms with van der Waals surface area (Å²) >= 11 is 1.30. The Hall–Kier alpha value is -1.89. The van der Waals surface area contributed by atoms with Crippen LogP contribution in [0.25, 0.3) is 0 Å². The molecule has 1 heterocycles. The molecule has 0 aliphatic carbocycles. The maximum atomic E-state index is 12.4. The van der Waals surface area contributed by atoms with Crippen molar-refractivity contribution in [2.24, 2.45) is 0 Å². The molecule has 0 bridgehead atoms. The van der Waals surface area contributed by atoms with Gasteiger partial charge in [-0.25, -0.2) is 4.98 Å². The first-order chi connectivity index (χ1) is 9.29. The fourth-order valence-electron chi connectivity index (χ4n) is 1.58. The third-order valence-corrected chi connectivity index (χ3v) is 3.69. The van der Waals surface area contributed by atoms with Gasteiger partial charge in [-0.2, -0.15) is 13.2 Å². The van der Waals surface area contributed by atoms with Crippen molar-refractivity contribution in [3.63, 3.8) is 0 Å². The van der Waals surface area contributed by atoms with E-state index in [2.05, 4.69) is 4.98 Å². The van der Waals surface area contributed by atoms with Gasteiger partial charge < -0.3 is 0 Å². The molecular formula is C13H11F3N2OS. The molecular weight excluding hydrogens is 289 g/mol. The van der Waals surface area contributed by atoms with Gasteiger partial charge in [0.2, 0.25) is 0 Å². The molecule has 0 radical (unpaired) electrons. The standard InChI is InChI=1S/C13H11F3N2OS/c1-8-7-20-12(17-8)18(2)11(19)9-3-5-10(6-4-9)13(14,15)16/h3-7H,1-2H3. The second-order valence-corrected chi connectivity index (χ2v) is 5.05. The Morgan fingerprint density at radius 2 is 1.85 bits per heavy atom. The number of hydrogen-bond acceptors (Lipinski definition) is 3. The van der Waals surface area contributed by atoms with Gasteiger partial charge >= 0.3 is 6.18 Å². The number of halogens is 3. The van der Waals surface area contributed by atoms with Crippen LogP contribution in [0.15, 0.2) is 29.6 Å². The van der Waals surface area contributed by atoms with E-state index in [1.165, 1.54) is 35.4 Å². The average Bonchev–Trinajstić information content (AvgIpc) is 2.83. The van der Waals surface area contributed by atoms with Crippen molar-refractivity contribution in [1.29, 1.82) is 0 Å². The van der Waals surface area contributed by atoms with Crippen LogP contribution >= 0.6 is 11.3 Å². The summed E-state index contributed by atoms with van der Waals surface area (Å²) in [6, 6.07) is 4.13. The summed E-state index contributed by atoms with van der Waals surface area (Å²) in [4.78, 5) is 17.6. The van der Waals surface area contributed by atoms with Crippen molar-refractivity contribution in [2.75, 3.05) is 11.9 Å². The lowest BCUT2D eigenvalue weighted by Crippen LogP contribution is -2.26. The molecule has 106 valence electrons. The van der Waals surface area contributed by atoms with E-state index < -0.39 is 17.6 Å². The third kappa shape index (κ3) is 2.98. The molecule has 0 fully saturated rings. The third-order valence-electron chi connectivity index (χ3n) is 2.66. The molecule has 0 atom stereocenters. The lowest BCUT2D eigenvalue weighted by molar-refractivity contribution is -0.137. The van der Waals surface area contributed by atoms with E-state index in [9.17, 15) is 18.0 Å². The van der Waals surface area contributed by atoms with Gasteiger partial charge in [-0.1, -0.05) is 0 Å². The second-order valence-electron chi connectivity index (χ2n) is 4.21. The summed E-state index contributed by atoms with van der Waals surface area (Å²) in [5, 5.41) is 2.30. The average molecular weight is 300 g/mol. The summed E-state index contributed by atoms with van der Waals surface area (Å²) in [6.07, 6.45) is -4.40. The number of alkyl halides is 3. The highest BCUT2D eigenvalue weighted by Crippen LogP contribution is 2.29. The van der Waals surface area contributed by atoms with Gasteiger partial charge in [0, 0.05) is 18.0 Å². The summed E-state index contributed by atoms with van der Waals surface area (Å²) in [5.74, 6) is -0.395. The molecule has 2 rings (SSSR count). The zero-order valence-corrected chi connectivity index (χ0v) is 11.5. The molecule has 0 saturated heterocycles. The first-order valence-electron chi connectivity index (χ1n) is 5.66. The molecule has 0 spiro atoms. The van der Waals surface area contributed by atoms with Crippen molar-refractivity contribution >= 4 is 22.4 Å². The minimum absolute atomic E-state index is 0.188. The topological polar surface area (TPSA) is 33.2 Å². The maximum absolute atomic E-state index is 12.4. The molecule has 0 aliphatic heterocycles. The van der Waals surface area contributed by atoms with Crippen LogP contribution in [-0.2, 0) is 6.18 Å². The van der Waals surface area contributed by atoms with Crippen molar-refractivity contribution < 1.29 is 18.0 Å². The summed E-state index contributed by atoms with van der Waals surface area (Å²) in [6.45, 7) is 1.80. The summed E-state index contributed by atoms with van der Waals surface area (Å²) in [5.41, 5.74) is 0.201. The van der Waals surface area contributed by atoms with Crippen LogP contribution in [0.4, 0.5) is 18.3 Å². The number of anilines is 1. The number of hydrogen-bond donors (Lipinski definition) is 0. The molecule has 0 saturated carbocycles. The van der Waals surface area contributed by atoms with Gasteiger partial charge in [0.25, 0.3) is 5.91 Å². The van der Waals surface area contributed by atoms with Crippen LogP contribution in [0.3, 0.4) is 0 Å². The number of amides is 1. The summed E-state index contributed by atoms with van der Waals surface area (Å²) < 4.78 is 37.3. The van der Waals surface area contributed by atoms with E-state index in [4.69, 9.17) is 0 Å². The van der Waals surface area contributed by atoms with Crippen molar-refractivity contribution in [3.8, 4) is 0 Å². The molecule has 20 heavy (non-hydrogen) atoms. The molecule has 0 aliphatic rings. The predicted molar refractivity (Wildman–Crippen MR) is 71.0 cm³/mol. The van der Waals surface area contributed by atoms with E-state index in [1.807, 2.05) is 0 Å². The number of aryl methyl sites for hydroxylation is 1. The minimum atomic E-state index is -4.40. The smallest absolute Gasteiger partial charge is 0.287 e. The van der Waals surface area contributed by atoms with Gasteiger partial charge in [0.15, 0.2) is 5.13 Å². The van der Waals surface area contributed by atoms with Crippen LogP contribution in [0, 0.1) is 6.92 Å². The van der Waals surface area contributed by atoms with Crippen molar-refractivity contribution in [2.45, 2.75) is 13.1 Å². The van der Waals surface area contributed by atoms with Crippen LogP contribution in [0.5, 0.6) is 0 Å². The van der Waals surface area contributed by atoms with E-state index >= 15 is 0 Å². The molecule has 2 aromatic rings. The Morgan fingerprint density at radius 1 is 1.25 bits per heavy atom. The normalized spacial score (nSPS) is 11.4. The van der Waals surface area contributed by atoms with Crippen LogP contribution in [-0.4, -0.2) is 17.9 Å². The number of benzene rings is 1. The lowest BCUT2D eigenvalue weighted by Gasteiger charge is -2.14. The van der Waals surface area contributed by atoms with Crippen LogP contribution < -0.4 is 4.90 Å². The van der Waals surface area contributed by atoms with Gasteiger partial charge in [-0.05, 0) is 31.2 Å². The molecule has 0 N–H and O–H groups in total. The van der Waals surface area contributed by atoms with E-state index in [-0.39, 0.29) is 5.56 Å². The van der Waals surface area contributed by atoms with Crippen molar-refractivity contribution in [1.82, 2.24) is 4.98 Å². The van der Waals surface area contributed by atoms with Crippen molar-refractivity contribution in [3.05, 3.63) is 46.5 Å². The number of thiazole rings is 1. The quantitative estimate of drug-likeness (QED) is 0.846. The Kier molecular flexibility index (Phi) is 3.80. The van der Waals surface area contributed by atoms with E-state index in [0.29, 0.717) is 5.13 Å². The molecule has 1 amide bonds. The highest BCUT2D eigenvalue weighted by Gasteiger charge is 2.30. The molecule has 1 aromatic carbocycles. The number of aromatic nitrogens is 1. The zero-order chi connectivity index (χ0) is 14.9. The van der Waals surface area contributed by atoms with E-state index in [1.54, 1.807) is 12.3 Å². The Morgan fingerprint density at radius 3 is 2.30 bits per heavy atom. The number of carbonyl (C=O) groups excluding carboxylic acids is 1. The molecule has 0 unspecified atom stereocenters. The molecule has 7 heteroatoms. The number of nitrogens with zero attached hydrogens (tertiary/aromatic N) is 2. The maximum Gasteiger partial charge on any atom is 0.416 e. The summed E-state index contributed by atoms with van der Waals surface area (Å²) in [7, 11) is 1.54. The van der Waals surface area contributed by atoms with Crippen LogP contribution in [0.2, 0.25) is 0 Å². The zero-order valence-electron chi connectivity index (χ0n) is 10.7. The van der Waals surface area contributed by atoms with Crippen LogP contribution in [0.1, 0.15) is 21.6 Å². The number of rotatable bonds is 2. The van der Waals surface area contributed by atoms with Gasteiger partial charge in [0.1, 0.15) is 0 Å². The highest BCUT2D eigenvalue weighted by molar-refractivity contribution is 7.14. The fraction of sp³-hybridized carbons (Fsp3) is 0.231. The molecule has 3 nitrogen and oxygen atoms in total. The fourth-order valence-corrected chi connectivity index (χ4v) is 2.34. The van der Waals surface area contributed by atoms with Gasteiger partial charge in [0.05, 0.1) is 11.3 Å². The SMILES string of the molecule is Cc1csc(N(C)C(=O)c2ccc(C(F)(F)F)cc2)n1. The highest BCUT2D eigenvalue weighted by atomic mass is 32.1. The largest absolute Gasteiger partial charge is 0.416 e.